The van der Waals surface area contributed by atoms with Crippen LogP contribution in [-0.4, -0.2) is 41.8 Å². The van der Waals surface area contributed by atoms with E-state index in [1.807, 2.05) is 20.8 Å². The molecule has 0 unspecified atom stereocenters. The van der Waals surface area contributed by atoms with Gasteiger partial charge in [-0.2, -0.15) is 0 Å². The van der Waals surface area contributed by atoms with Crippen molar-refractivity contribution in [2.24, 2.45) is 0 Å². The molecule has 0 aliphatic carbocycles. The monoisotopic (exact) mass is 361 g/mol. The number of nitrogens with one attached hydrogen (secondary N) is 1. The van der Waals surface area contributed by atoms with E-state index in [-0.39, 0.29) is 17.9 Å². The van der Waals surface area contributed by atoms with Gasteiger partial charge in [-0.05, 0) is 33.3 Å². The largest absolute Gasteiger partial charge is 0.370 e. The van der Waals surface area contributed by atoms with Gasteiger partial charge in [-0.3, -0.25) is 0 Å². The topological polar surface area (TPSA) is 67.6 Å². The van der Waals surface area contributed by atoms with Gasteiger partial charge in [0.2, 0.25) is 0 Å². The molecule has 1 fully saturated rings. The third kappa shape index (κ3) is 4.04. The molecule has 1 saturated heterocycles. The molecule has 1 aliphatic heterocycles. The maximum absolute atomic E-state index is 14.0. The summed E-state index contributed by atoms with van der Waals surface area (Å²) in [5, 5.41) is 6.94. The fraction of sp³-hybridized carbons (Fsp3) is 0.474. The van der Waals surface area contributed by atoms with E-state index in [0.29, 0.717) is 31.7 Å². The quantitative estimate of drug-likeness (QED) is 0.908. The van der Waals surface area contributed by atoms with Crippen LogP contribution >= 0.6 is 0 Å². The number of morpholine rings is 1. The van der Waals surface area contributed by atoms with Gasteiger partial charge in [0, 0.05) is 23.7 Å². The van der Waals surface area contributed by atoms with E-state index in [4.69, 9.17) is 9.26 Å². The number of rotatable bonds is 4. The van der Waals surface area contributed by atoms with Crippen LogP contribution in [0.1, 0.15) is 35.6 Å². The lowest BCUT2D eigenvalue weighted by molar-refractivity contribution is -0.0174. The summed E-state index contributed by atoms with van der Waals surface area (Å²) in [5.74, 6) is 0.459. The first-order chi connectivity index (χ1) is 12.5. The van der Waals surface area contributed by atoms with E-state index in [1.165, 1.54) is 6.07 Å². The van der Waals surface area contributed by atoms with Crippen molar-refractivity contribution in [2.75, 3.05) is 19.7 Å². The highest BCUT2D eigenvalue weighted by molar-refractivity contribution is 5.74. The Balaban J connectivity index is 1.60. The fourth-order valence-corrected chi connectivity index (χ4v) is 3.21. The molecule has 2 amide bonds. The lowest BCUT2D eigenvalue weighted by atomic mass is 10.1. The van der Waals surface area contributed by atoms with Crippen molar-refractivity contribution in [3.8, 4) is 0 Å². The van der Waals surface area contributed by atoms with Crippen molar-refractivity contribution in [1.82, 2.24) is 15.4 Å². The van der Waals surface area contributed by atoms with Gasteiger partial charge < -0.3 is 19.5 Å². The van der Waals surface area contributed by atoms with Crippen molar-refractivity contribution >= 4 is 6.03 Å². The highest BCUT2D eigenvalue weighted by Gasteiger charge is 2.28. The van der Waals surface area contributed by atoms with Gasteiger partial charge in [-0.25, -0.2) is 9.18 Å². The average Bonchev–Trinajstić information content (AvgIpc) is 2.94. The summed E-state index contributed by atoms with van der Waals surface area (Å²) in [4.78, 5) is 14.3. The van der Waals surface area contributed by atoms with E-state index < -0.39 is 6.10 Å². The number of ether oxygens (including phenoxy) is 1. The molecule has 7 heteroatoms. The molecule has 140 valence electrons. The Morgan fingerprint density at radius 3 is 2.88 bits per heavy atom. The number of urea groups is 1. The average molecular weight is 361 g/mol. The molecule has 1 N–H and O–H groups in total. The molecule has 0 saturated carbocycles. The Bertz CT molecular complexity index is 758. The van der Waals surface area contributed by atoms with Gasteiger partial charge >= 0.3 is 6.03 Å². The summed E-state index contributed by atoms with van der Waals surface area (Å²) in [6.45, 7) is 6.88. The molecule has 1 aromatic heterocycles. The smallest absolute Gasteiger partial charge is 0.317 e. The number of benzene rings is 1. The van der Waals surface area contributed by atoms with Gasteiger partial charge in [0.25, 0.3) is 0 Å². The standard InChI is InChI=1S/C19H24FN3O3/c1-12(10-16-13(2)22-26-14(16)3)21-19(24)23-8-9-25-18(11-23)15-6-4-5-7-17(15)20/h4-7,12,18H,8-11H2,1-3H3,(H,21,24)/t12-,18-/m1/s1. The Kier molecular flexibility index (Phi) is 5.56. The van der Waals surface area contributed by atoms with E-state index in [9.17, 15) is 9.18 Å². The summed E-state index contributed by atoms with van der Waals surface area (Å²) >= 11 is 0. The Hall–Kier alpha value is -2.41. The first-order valence-electron chi connectivity index (χ1n) is 8.79. The number of aromatic nitrogens is 1. The number of halogens is 1. The van der Waals surface area contributed by atoms with Crippen molar-refractivity contribution in [1.29, 1.82) is 0 Å². The second-order valence-electron chi connectivity index (χ2n) is 6.68. The van der Waals surface area contributed by atoms with Crippen LogP contribution < -0.4 is 5.32 Å². The van der Waals surface area contributed by atoms with Gasteiger partial charge in [0.1, 0.15) is 17.7 Å². The number of amides is 2. The molecule has 2 heterocycles. The van der Waals surface area contributed by atoms with Gasteiger partial charge in [0.05, 0.1) is 18.8 Å². The van der Waals surface area contributed by atoms with Crippen molar-refractivity contribution < 1.29 is 18.4 Å². The molecule has 0 bridgehead atoms. The number of carbonyl (C=O) groups excluding carboxylic acids is 1. The first kappa shape index (κ1) is 18.4. The molecular formula is C19H24FN3O3. The predicted octanol–water partition coefficient (Wildman–Crippen LogP) is 3.14. The molecule has 1 aliphatic rings. The Morgan fingerprint density at radius 1 is 1.42 bits per heavy atom. The highest BCUT2D eigenvalue weighted by atomic mass is 19.1. The molecule has 0 radical (unpaired) electrons. The van der Waals surface area contributed by atoms with Crippen LogP contribution in [0.5, 0.6) is 0 Å². The third-order valence-corrected chi connectivity index (χ3v) is 4.67. The van der Waals surface area contributed by atoms with Gasteiger partial charge in [-0.15, -0.1) is 0 Å². The van der Waals surface area contributed by atoms with Crippen LogP contribution in [-0.2, 0) is 11.2 Å². The maximum atomic E-state index is 14.0. The highest BCUT2D eigenvalue weighted by Crippen LogP contribution is 2.24. The van der Waals surface area contributed by atoms with Crippen LogP contribution in [0.3, 0.4) is 0 Å². The lowest BCUT2D eigenvalue weighted by Gasteiger charge is -2.34. The van der Waals surface area contributed by atoms with Crippen LogP contribution in [0.4, 0.5) is 9.18 Å². The second kappa shape index (κ2) is 7.86. The molecule has 26 heavy (non-hydrogen) atoms. The minimum absolute atomic E-state index is 0.0749. The minimum atomic E-state index is -0.450. The molecule has 2 aromatic rings. The van der Waals surface area contributed by atoms with Crippen LogP contribution in [0.2, 0.25) is 0 Å². The lowest BCUT2D eigenvalue weighted by Crippen LogP contribution is -2.49. The SMILES string of the molecule is Cc1noc(C)c1C[C@@H](C)NC(=O)N1CCO[C@@H](c2ccccc2F)C1. The zero-order valence-electron chi connectivity index (χ0n) is 15.3. The number of carbonyl (C=O) groups is 1. The summed E-state index contributed by atoms with van der Waals surface area (Å²) < 4.78 is 24.8. The zero-order valence-corrected chi connectivity index (χ0v) is 15.3. The Morgan fingerprint density at radius 2 is 2.19 bits per heavy atom. The number of aryl methyl sites for hydroxylation is 2. The molecular weight excluding hydrogens is 337 g/mol. The fourth-order valence-electron chi connectivity index (χ4n) is 3.21. The Labute approximate surface area is 152 Å². The van der Waals surface area contributed by atoms with Crippen LogP contribution in [0.25, 0.3) is 0 Å². The molecule has 3 rings (SSSR count). The van der Waals surface area contributed by atoms with Gasteiger partial charge in [0.15, 0.2) is 0 Å². The van der Waals surface area contributed by atoms with Crippen molar-refractivity contribution in [3.05, 3.63) is 52.7 Å². The number of hydrogen-bond donors (Lipinski definition) is 1. The number of nitrogens with zero attached hydrogens (tertiary/aromatic N) is 2. The predicted molar refractivity (Wildman–Crippen MR) is 94.3 cm³/mol. The van der Waals surface area contributed by atoms with Crippen LogP contribution in [0.15, 0.2) is 28.8 Å². The molecule has 6 nitrogen and oxygen atoms in total. The van der Waals surface area contributed by atoms with E-state index >= 15 is 0 Å². The molecule has 1 aromatic carbocycles. The number of hydrogen-bond acceptors (Lipinski definition) is 4. The molecule has 2 atom stereocenters. The van der Waals surface area contributed by atoms with Crippen LogP contribution in [0, 0.1) is 19.7 Å². The van der Waals surface area contributed by atoms with Gasteiger partial charge in [-0.1, -0.05) is 23.4 Å². The second-order valence-corrected chi connectivity index (χ2v) is 6.68. The third-order valence-electron chi connectivity index (χ3n) is 4.67. The van der Waals surface area contributed by atoms with E-state index in [0.717, 1.165) is 17.0 Å². The molecule has 0 spiro atoms. The summed E-state index contributed by atoms with van der Waals surface area (Å²) in [6, 6.07) is 6.27. The first-order valence-corrected chi connectivity index (χ1v) is 8.79. The van der Waals surface area contributed by atoms with E-state index in [1.54, 1.807) is 23.1 Å². The minimum Gasteiger partial charge on any atom is -0.370 e. The summed E-state index contributed by atoms with van der Waals surface area (Å²) in [5.41, 5.74) is 2.34. The van der Waals surface area contributed by atoms with E-state index in [2.05, 4.69) is 10.5 Å². The summed E-state index contributed by atoms with van der Waals surface area (Å²) in [6.07, 6.45) is 0.196. The van der Waals surface area contributed by atoms with Crippen molar-refractivity contribution in [2.45, 2.75) is 39.3 Å². The van der Waals surface area contributed by atoms with Crippen molar-refractivity contribution in [3.63, 3.8) is 0 Å². The zero-order chi connectivity index (χ0) is 18.7. The normalized spacial score (nSPS) is 18.6. The summed E-state index contributed by atoms with van der Waals surface area (Å²) in [7, 11) is 0. The maximum Gasteiger partial charge on any atom is 0.317 e.